The summed E-state index contributed by atoms with van der Waals surface area (Å²) in [6, 6.07) is 3.26. The second kappa shape index (κ2) is 7.40. The maximum absolute atomic E-state index is 11.4. The highest BCUT2D eigenvalue weighted by Crippen LogP contribution is 2.34. The first kappa shape index (κ1) is 15.8. The average Bonchev–Trinajstić information content (AvgIpc) is 2.40. The molecule has 0 fully saturated rings. The van der Waals surface area contributed by atoms with Gasteiger partial charge in [0.1, 0.15) is 18.1 Å². The normalized spacial score (nSPS) is 10.2. The summed E-state index contributed by atoms with van der Waals surface area (Å²) in [6.07, 6.45) is 1.18. The molecule has 1 rings (SSSR count). The van der Waals surface area contributed by atoms with Crippen molar-refractivity contribution in [2.45, 2.75) is 0 Å². The molecule has 0 radical (unpaired) electrons. The molecule has 0 atom stereocenters. The lowest BCUT2D eigenvalue weighted by Gasteiger charge is -2.16. The highest BCUT2D eigenvalue weighted by Gasteiger charge is 2.11. The van der Waals surface area contributed by atoms with Gasteiger partial charge in [0.15, 0.2) is 0 Å². The van der Waals surface area contributed by atoms with E-state index in [9.17, 15) is 4.79 Å². The molecular weight excluding hydrogens is 258 g/mol. The van der Waals surface area contributed by atoms with Crippen molar-refractivity contribution in [3.63, 3.8) is 0 Å². The van der Waals surface area contributed by atoms with E-state index < -0.39 is 0 Å². The van der Waals surface area contributed by atoms with Gasteiger partial charge in [-0.15, -0.1) is 0 Å². The van der Waals surface area contributed by atoms with Gasteiger partial charge in [0.25, 0.3) is 0 Å². The Labute approximate surface area is 119 Å². The van der Waals surface area contributed by atoms with Crippen LogP contribution in [0.25, 0.3) is 0 Å². The van der Waals surface area contributed by atoms with E-state index in [0.717, 1.165) is 6.54 Å². The van der Waals surface area contributed by atoms with Gasteiger partial charge in [-0.3, -0.25) is 4.79 Å². The van der Waals surface area contributed by atoms with Gasteiger partial charge in [0, 0.05) is 12.6 Å². The van der Waals surface area contributed by atoms with Gasteiger partial charge in [-0.1, -0.05) is 6.58 Å². The monoisotopic (exact) mass is 279 g/mol. The van der Waals surface area contributed by atoms with E-state index >= 15 is 0 Å². The first-order valence-corrected chi connectivity index (χ1v) is 6.16. The number of methoxy groups -OCH3 is 1. The number of nitrogen functional groups attached to an aromatic ring is 1. The van der Waals surface area contributed by atoms with Crippen LogP contribution in [0.1, 0.15) is 0 Å². The van der Waals surface area contributed by atoms with Gasteiger partial charge >= 0.3 is 0 Å². The Balaban J connectivity index is 2.96. The summed E-state index contributed by atoms with van der Waals surface area (Å²) < 4.78 is 10.8. The Bertz CT molecular complexity index is 487. The average molecular weight is 279 g/mol. The van der Waals surface area contributed by atoms with Gasteiger partial charge < -0.3 is 25.4 Å². The third kappa shape index (κ3) is 4.47. The SMILES string of the molecule is C=CC(=O)Nc1cc(N)c(OC)cc1OCCN(C)C. The maximum Gasteiger partial charge on any atom is 0.247 e. The number of benzene rings is 1. The second-order valence-corrected chi connectivity index (χ2v) is 4.44. The summed E-state index contributed by atoms with van der Waals surface area (Å²) in [4.78, 5) is 13.4. The number of ether oxygens (including phenoxy) is 2. The predicted octanol–water partition coefficient (Wildman–Crippen LogP) is 1.34. The smallest absolute Gasteiger partial charge is 0.247 e. The van der Waals surface area contributed by atoms with Crippen molar-refractivity contribution in [3.05, 3.63) is 24.8 Å². The number of likely N-dealkylation sites (N-methyl/N-ethyl adjacent to an activating group) is 1. The van der Waals surface area contributed by atoms with E-state index in [4.69, 9.17) is 15.2 Å². The van der Waals surface area contributed by atoms with Crippen LogP contribution in [-0.4, -0.2) is 45.2 Å². The number of nitrogens with one attached hydrogen (secondary N) is 1. The fourth-order valence-electron chi connectivity index (χ4n) is 1.49. The molecule has 0 bridgehead atoms. The minimum absolute atomic E-state index is 0.327. The van der Waals surface area contributed by atoms with Crippen LogP contribution in [-0.2, 0) is 4.79 Å². The molecule has 1 amide bonds. The Kier molecular flexibility index (Phi) is 5.86. The van der Waals surface area contributed by atoms with Crippen LogP contribution in [0.15, 0.2) is 24.8 Å². The first-order valence-electron chi connectivity index (χ1n) is 6.16. The van der Waals surface area contributed by atoms with E-state index in [2.05, 4.69) is 11.9 Å². The molecule has 0 spiro atoms. The Morgan fingerprint density at radius 2 is 2.15 bits per heavy atom. The van der Waals surface area contributed by atoms with Crippen LogP contribution in [0.3, 0.4) is 0 Å². The molecule has 0 aliphatic carbocycles. The van der Waals surface area contributed by atoms with E-state index in [1.165, 1.54) is 13.2 Å². The molecule has 0 heterocycles. The summed E-state index contributed by atoms with van der Waals surface area (Å²) in [5.74, 6) is 0.682. The quantitative estimate of drug-likeness (QED) is 0.582. The zero-order valence-corrected chi connectivity index (χ0v) is 12.1. The molecule has 0 aliphatic rings. The lowest BCUT2D eigenvalue weighted by molar-refractivity contribution is -0.111. The largest absolute Gasteiger partial charge is 0.494 e. The maximum atomic E-state index is 11.4. The summed E-state index contributed by atoms with van der Waals surface area (Å²) in [5, 5.41) is 2.66. The molecule has 0 unspecified atom stereocenters. The summed E-state index contributed by atoms with van der Waals surface area (Å²) in [6.45, 7) is 4.65. The van der Waals surface area contributed by atoms with Crippen LogP contribution < -0.4 is 20.5 Å². The fraction of sp³-hybridized carbons (Fsp3) is 0.357. The lowest BCUT2D eigenvalue weighted by Crippen LogP contribution is -2.20. The van der Waals surface area contributed by atoms with Crippen molar-refractivity contribution < 1.29 is 14.3 Å². The number of nitrogens with two attached hydrogens (primary N) is 1. The molecule has 20 heavy (non-hydrogen) atoms. The van der Waals surface area contributed by atoms with Crippen molar-refractivity contribution in [2.75, 3.05) is 45.4 Å². The number of carbonyl (C=O) groups excluding carboxylic acids is 1. The zero-order chi connectivity index (χ0) is 15.1. The second-order valence-electron chi connectivity index (χ2n) is 4.44. The molecule has 0 saturated carbocycles. The minimum atomic E-state index is -0.327. The minimum Gasteiger partial charge on any atom is -0.494 e. The first-order chi connectivity index (χ1) is 9.47. The van der Waals surface area contributed by atoms with Crippen molar-refractivity contribution in [1.82, 2.24) is 4.90 Å². The van der Waals surface area contributed by atoms with Gasteiger partial charge in [-0.05, 0) is 26.2 Å². The summed E-state index contributed by atoms with van der Waals surface area (Å²) in [7, 11) is 5.43. The number of carbonyl (C=O) groups is 1. The van der Waals surface area contributed by atoms with Crippen LogP contribution in [0.5, 0.6) is 11.5 Å². The van der Waals surface area contributed by atoms with E-state index in [0.29, 0.717) is 29.5 Å². The standard InChI is InChI=1S/C14H21N3O3/c1-5-14(18)16-11-8-10(15)12(19-4)9-13(11)20-7-6-17(2)3/h5,8-9H,1,6-7,15H2,2-4H3,(H,16,18). The Morgan fingerprint density at radius 3 is 2.70 bits per heavy atom. The number of anilines is 2. The molecule has 3 N–H and O–H groups in total. The van der Waals surface area contributed by atoms with Gasteiger partial charge in [0.2, 0.25) is 5.91 Å². The number of hydrogen-bond donors (Lipinski definition) is 2. The van der Waals surface area contributed by atoms with Crippen LogP contribution in [0.2, 0.25) is 0 Å². The molecule has 6 heteroatoms. The Morgan fingerprint density at radius 1 is 1.45 bits per heavy atom. The molecule has 0 saturated heterocycles. The van der Waals surface area contributed by atoms with Gasteiger partial charge in [-0.25, -0.2) is 0 Å². The third-order valence-electron chi connectivity index (χ3n) is 2.57. The molecule has 0 aromatic heterocycles. The van der Waals surface area contributed by atoms with Crippen molar-refractivity contribution in [2.24, 2.45) is 0 Å². The zero-order valence-electron chi connectivity index (χ0n) is 12.1. The topological polar surface area (TPSA) is 76.8 Å². The number of amides is 1. The van der Waals surface area contributed by atoms with Crippen LogP contribution in [0, 0.1) is 0 Å². The number of rotatable bonds is 7. The van der Waals surface area contributed by atoms with Crippen molar-refractivity contribution in [3.8, 4) is 11.5 Å². The lowest BCUT2D eigenvalue weighted by atomic mass is 10.2. The molecular formula is C14H21N3O3. The number of hydrogen-bond acceptors (Lipinski definition) is 5. The highest BCUT2D eigenvalue weighted by atomic mass is 16.5. The molecule has 1 aromatic carbocycles. The molecule has 6 nitrogen and oxygen atoms in total. The van der Waals surface area contributed by atoms with Crippen LogP contribution in [0.4, 0.5) is 11.4 Å². The van der Waals surface area contributed by atoms with Crippen molar-refractivity contribution >= 4 is 17.3 Å². The number of nitrogens with zero attached hydrogens (tertiary/aromatic N) is 1. The molecule has 110 valence electrons. The van der Waals surface area contributed by atoms with E-state index in [1.54, 1.807) is 12.1 Å². The van der Waals surface area contributed by atoms with Gasteiger partial charge in [0.05, 0.1) is 18.5 Å². The summed E-state index contributed by atoms with van der Waals surface area (Å²) >= 11 is 0. The van der Waals surface area contributed by atoms with E-state index in [-0.39, 0.29) is 5.91 Å². The van der Waals surface area contributed by atoms with Gasteiger partial charge in [-0.2, -0.15) is 0 Å². The predicted molar refractivity (Wildman–Crippen MR) is 80.3 cm³/mol. The van der Waals surface area contributed by atoms with Crippen molar-refractivity contribution in [1.29, 1.82) is 0 Å². The van der Waals surface area contributed by atoms with Crippen LogP contribution >= 0.6 is 0 Å². The van der Waals surface area contributed by atoms with E-state index in [1.807, 2.05) is 19.0 Å². The highest BCUT2D eigenvalue weighted by molar-refractivity contribution is 6.00. The fourth-order valence-corrected chi connectivity index (χ4v) is 1.49. The third-order valence-corrected chi connectivity index (χ3v) is 2.57. The molecule has 0 aliphatic heterocycles. The molecule has 1 aromatic rings. The Hall–Kier alpha value is -2.21. The summed E-state index contributed by atoms with van der Waals surface area (Å²) in [5.41, 5.74) is 6.74.